The van der Waals surface area contributed by atoms with Gasteiger partial charge in [-0.05, 0) is 41.1 Å². The lowest BCUT2D eigenvalue weighted by molar-refractivity contribution is -0.137. The van der Waals surface area contributed by atoms with Gasteiger partial charge in [0.25, 0.3) is 11.8 Å². The number of nitrogens with zero attached hydrogens (tertiary/aromatic N) is 1. The second-order valence-corrected chi connectivity index (χ2v) is 7.43. The van der Waals surface area contributed by atoms with Crippen molar-refractivity contribution in [3.63, 3.8) is 0 Å². The zero-order chi connectivity index (χ0) is 19.0. The van der Waals surface area contributed by atoms with E-state index in [1.54, 1.807) is 24.3 Å². The summed E-state index contributed by atoms with van der Waals surface area (Å²) in [6.45, 7) is 0. The number of thiophene rings is 1. The van der Waals surface area contributed by atoms with Crippen LogP contribution in [-0.2, 0) is 4.79 Å². The molecule has 1 aliphatic heterocycles. The lowest BCUT2D eigenvalue weighted by Crippen LogP contribution is -2.34. The minimum Gasteiger partial charge on any atom is -0.481 e. The maximum absolute atomic E-state index is 13.0. The van der Waals surface area contributed by atoms with Crippen LogP contribution >= 0.6 is 11.3 Å². The van der Waals surface area contributed by atoms with Crippen LogP contribution in [0.25, 0.3) is 10.8 Å². The number of carboxylic acids is 1. The average molecular weight is 379 g/mol. The van der Waals surface area contributed by atoms with E-state index in [0.29, 0.717) is 24.0 Å². The van der Waals surface area contributed by atoms with E-state index < -0.39 is 12.0 Å². The van der Waals surface area contributed by atoms with Gasteiger partial charge in [-0.25, -0.2) is 0 Å². The molecule has 27 heavy (non-hydrogen) atoms. The highest BCUT2D eigenvalue weighted by molar-refractivity contribution is 7.11. The maximum atomic E-state index is 13.0. The van der Waals surface area contributed by atoms with E-state index in [1.165, 1.54) is 16.2 Å². The smallest absolute Gasteiger partial charge is 0.303 e. The number of fused-ring (bicyclic) bond motifs is 2. The zero-order valence-electron chi connectivity index (χ0n) is 14.4. The van der Waals surface area contributed by atoms with Crippen molar-refractivity contribution in [3.05, 3.63) is 69.9 Å². The molecule has 0 bridgehead atoms. The van der Waals surface area contributed by atoms with Crippen LogP contribution in [0.15, 0.2) is 53.9 Å². The van der Waals surface area contributed by atoms with Crippen LogP contribution in [-0.4, -0.2) is 27.8 Å². The van der Waals surface area contributed by atoms with E-state index in [2.05, 4.69) is 0 Å². The molecule has 0 spiro atoms. The summed E-state index contributed by atoms with van der Waals surface area (Å²) in [7, 11) is 0. The highest BCUT2D eigenvalue weighted by Crippen LogP contribution is 2.40. The number of amides is 2. The highest BCUT2D eigenvalue weighted by Gasteiger charge is 2.41. The highest BCUT2D eigenvalue weighted by atomic mass is 32.1. The Hall–Kier alpha value is -2.99. The van der Waals surface area contributed by atoms with Crippen molar-refractivity contribution in [1.82, 2.24) is 4.90 Å². The lowest BCUT2D eigenvalue weighted by atomic mass is 10.0. The van der Waals surface area contributed by atoms with Gasteiger partial charge < -0.3 is 5.11 Å². The fourth-order valence-corrected chi connectivity index (χ4v) is 4.74. The Labute approximate surface area is 159 Å². The third-order valence-corrected chi connectivity index (χ3v) is 5.96. The molecule has 0 fully saturated rings. The van der Waals surface area contributed by atoms with E-state index in [-0.39, 0.29) is 18.2 Å². The minimum absolute atomic E-state index is 0.00295. The molecule has 2 heterocycles. The van der Waals surface area contributed by atoms with E-state index in [1.807, 2.05) is 29.6 Å². The van der Waals surface area contributed by atoms with E-state index >= 15 is 0 Å². The molecule has 2 aromatic carbocycles. The summed E-state index contributed by atoms with van der Waals surface area (Å²) in [4.78, 5) is 39.1. The predicted molar refractivity (Wildman–Crippen MR) is 103 cm³/mol. The van der Waals surface area contributed by atoms with Gasteiger partial charge in [0, 0.05) is 11.3 Å². The molecular weight excluding hydrogens is 362 g/mol. The fourth-order valence-electron chi connectivity index (χ4n) is 3.59. The van der Waals surface area contributed by atoms with Gasteiger partial charge in [0.15, 0.2) is 0 Å². The lowest BCUT2D eigenvalue weighted by Gasteiger charge is -2.26. The van der Waals surface area contributed by atoms with Gasteiger partial charge in [-0.3, -0.25) is 19.3 Å². The molecule has 1 aromatic heterocycles. The van der Waals surface area contributed by atoms with Crippen LogP contribution in [0.3, 0.4) is 0 Å². The van der Waals surface area contributed by atoms with Crippen molar-refractivity contribution in [3.8, 4) is 0 Å². The van der Waals surface area contributed by atoms with Gasteiger partial charge in [-0.2, -0.15) is 0 Å². The molecule has 0 aliphatic carbocycles. The molecule has 2 amide bonds. The largest absolute Gasteiger partial charge is 0.481 e. The van der Waals surface area contributed by atoms with Crippen LogP contribution < -0.4 is 0 Å². The molecule has 1 aliphatic rings. The summed E-state index contributed by atoms with van der Waals surface area (Å²) < 4.78 is 0. The first-order valence-corrected chi connectivity index (χ1v) is 9.60. The monoisotopic (exact) mass is 379 g/mol. The first kappa shape index (κ1) is 17.4. The number of carbonyl (C=O) groups excluding carboxylic acids is 2. The number of imide groups is 1. The second kappa shape index (κ2) is 6.96. The number of hydrogen-bond donors (Lipinski definition) is 1. The quantitative estimate of drug-likeness (QED) is 0.640. The Morgan fingerprint density at radius 3 is 2.30 bits per heavy atom. The van der Waals surface area contributed by atoms with Crippen molar-refractivity contribution < 1.29 is 19.5 Å². The van der Waals surface area contributed by atoms with E-state index in [4.69, 9.17) is 5.11 Å². The molecule has 4 rings (SSSR count). The van der Waals surface area contributed by atoms with Crippen molar-refractivity contribution in [2.45, 2.75) is 25.3 Å². The minimum atomic E-state index is -0.882. The Bertz CT molecular complexity index is 1020. The van der Waals surface area contributed by atoms with Crippen molar-refractivity contribution in [1.29, 1.82) is 0 Å². The molecule has 0 radical (unpaired) electrons. The normalized spacial score (nSPS) is 14.6. The van der Waals surface area contributed by atoms with E-state index in [9.17, 15) is 14.4 Å². The van der Waals surface area contributed by atoms with Crippen LogP contribution in [0, 0.1) is 0 Å². The van der Waals surface area contributed by atoms with Gasteiger partial charge in [-0.1, -0.05) is 36.4 Å². The van der Waals surface area contributed by atoms with Crippen LogP contribution in [0.1, 0.15) is 50.9 Å². The zero-order valence-corrected chi connectivity index (χ0v) is 15.2. The summed E-state index contributed by atoms with van der Waals surface area (Å²) in [6, 6.07) is 14.2. The number of hydrogen-bond acceptors (Lipinski definition) is 4. The van der Waals surface area contributed by atoms with Gasteiger partial charge in [0.1, 0.15) is 0 Å². The van der Waals surface area contributed by atoms with Crippen molar-refractivity contribution in [2.75, 3.05) is 0 Å². The van der Waals surface area contributed by atoms with Crippen LogP contribution in [0.2, 0.25) is 0 Å². The SMILES string of the molecule is O=C(O)CCC[C@@H](c1scc2ccccc12)N1C(=O)c2ccccc2C1=O. The molecular formula is C21H17NO4S. The van der Waals surface area contributed by atoms with Gasteiger partial charge in [0.05, 0.1) is 17.2 Å². The third kappa shape index (κ3) is 3.02. The van der Waals surface area contributed by atoms with Crippen LogP contribution in [0.5, 0.6) is 0 Å². The predicted octanol–water partition coefficient (Wildman–Crippen LogP) is 4.49. The Morgan fingerprint density at radius 2 is 1.63 bits per heavy atom. The molecule has 3 aromatic rings. The molecule has 0 unspecified atom stereocenters. The molecule has 5 nitrogen and oxygen atoms in total. The Morgan fingerprint density at radius 1 is 1.00 bits per heavy atom. The number of aliphatic carboxylic acids is 1. The summed E-state index contributed by atoms with van der Waals surface area (Å²) in [6.07, 6.45) is 0.810. The molecule has 136 valence electrons. The maximum Gasteiger partial charge on any atom is 0.303 e. The van der Waals surface area contributed by atoms with Gasteiger partial charge >= 0.3 is 5.97 Å². The van der Waals surface area contributed by atoms with E-state index in [0.717, 1.165) is 15.6 Å². The summed E-state index contributed by atoms with van der Waals surface area (Å²) >= 11 is 1.51. The Balaban J connectivity index is 1.76. The fraction of sp³-hybridized carbons (Fsp3) is 0.190. The van der Waals surface area contributed by atoms with Crippen molar-refractivity contribution in [2.24, 2.45) is 0 Å². The first-order chi connectivity index (χ1) is 13.1. The van der Waals surface area contributed by atoms with Crippen LogP contribution in [0.4, 0.5) is 0 Å². The summed E-state index contributed by atoms with van der Waals surface area (Å²) in [5.41, 5.74) is 0.818. The third-order valence-electron chi connectivity index (χ3n) is 4.85. The number of benzene rings is 2. The molecule has 6 heteroatoms. The second-order valence-electron chi connectivity index (χ2n) is 6.51. The molecule has 0 saturated heterocycles. The average Bonchev–Trinajstić information content (AvgIpc) is 3.20. The number of rotatable bonds is 6. The van der Waals surface area contributed by atoms with Gasteiger partial charge in [0.2, 0.25) is 0 Å². The van der Waals surface area contributed by atoms with Gasteiger partial charge in [-0.15, -0.1) is 11.3 Å². The Kier molecular flexibility index (Phi) is 4.49. The summed E-state index contributed by atoms with van der Waals surface area (Å²) in [5, 5.41) is 13.1. The van der Waals surface area contributed by atoms with Crippen molar-refractivity contribution >= 4 is 39.9 Å². The summed E-state index contributed by atoms with van der Waals surface area (Å²) in [5.74, 6) is -1.51. The number of carbonyl (C=O) groups is 3. The standard InChI is InChI=1S/C21H17NO4S/c23-18(24)11-5-10-17(19-14-7-2-1-6-13(14)12-27-19)22-20(25)15-8-3-4-9-16(15)21(22)26/h1-4,6-9,12,17H,5,10-11H2,(H,23,24)/t17-/m0/s1. The topological polar surface area (TPSA) is 74.7 Å². The molecule has 0 saturated carbocycles. The molecule has 1 atom stereocenters. The number of carboxylic acid groups (broad SMARTS) is 1. The first-order valence-electron chi connectivity index (χ1n) is 8.73. The molecule has 1 N–H and O–H groups in total.